The second-order valence-corrected chi connectivity index (χ2v) is 14.7. The average molecular weight is 644 g/mol. The molecule has 2 saturated heterocycles. The molecule has 5 fully saturated rings. The monoisotopic (exact) mass is 643 g/mol. The molecule has 47 heavy (non-hydrogen) atoms. The van der Waals surface area contributed by atoms with Crippen molar-refractivity contribution < 1.29 is 23.7 Å². The Hall–Kier alpha value is -3.17. The third-order valence-electron chi connectivity index (χ3n) is 11.7. The molecule has 3 saturated carbocycles. The largest absolute Gasteiger partial charge is 0.481 e. The van der Waals surface area contributed by atoms with E-state index in [0.29, 0.717) is 43.2 Å². The fourth-order valence-electron chi connectivity index (χ4n) is 8.70. The zero-order valence-electron chi connectivity index (χ0n) is 29.5. The van der Waals surface area contributed by atoms with Crippen molar-refractivity contribution in [3.05, 3.63) is 71.8 Å². The van der Waals surface area contributed by atoms with Crippen LogP contribution >= 0.6 is 0 Å². The maximum absolute atomic E-state index is 14.6. The summed E-state index contributed by atoms with van der Waals surface area (Å²) in [5.41, 5.74) is -0.0734. The first-order valence-electron chi connectivity index (χ1n) is 17.8. The number of hydrogen-bond acceptors (Lipinski definition) is 5. The van der Waals surface area contributed by atoms with Gasteiger partial charge in [-0.15, -0.1) is 0 Å². The Morgan fingerprint density at radius 3 is 2.23 bits per heavy atom. The first kappa shape index (κ1) is 35.2. The van der Waals surface area contributed by atoms with Gasteiger partial charge in [-0.25, -0.2) is 0 Å². The van der Waals surface area contributed by atoms with E-state index in [0.717, 1.165) is 18.4 Å². The lowest BCUT2D eigenvalue weighted by Crippen LogP contribution is -2.66. The summed E-state index contributed by atoms with van der Waals surface area (Å²) in [5, 5.41) is 6.37. The quantitative estimate of drug-likeness (QED) is 0.310. The van der Waals surface area contributed by atoms with E-state index < -0.39 is 18.7 Å². The summed E-state index contributed by atoms with van der Waals surface area (Å²) in [4.78, 5) is 44.0. The zero-order chi connectivity index (χ0) is 34.1. The van der Waals surface area contributed by atoms with Crippen LogP contribution < -0.4 is 10.6 Å². The van der Waals surface area contributed by atoms with Gasteiger partial charge in [0.2, 0.25) is 11.8 Å². The van der Waals surface area contributed by atoms with Crippen molar-refractivity contribution in [2.24, 2.45) is 23.2 Å². The van der Waals surface area contributed by atoms with E-state index in [-0.39, 0.29) is 46.7 Å². The maximum Gasteiger partial charge on any atom is 0.481 e. The highest BCUT2D eigenvalue weighted by molar-refractivity contribution is 6.47. The van der Waals surface area contributed by atoms with Gasteiger partial charge in [-0.05, 0) is 79.9 Å². The molecule has 2 aliphatic heterocycles. The lowest BCUT2D eigenvalue weighted by molar-refractivity contribution is -0.199. The number of benzene rings is 2. The molecule has 3 aliphatic carbocycles. The van der Waals surface area contributed by atoms with Crippen LogP contribution in [0.15, 0.2) is 60.7 Å². The molecule has 0 aromatic heterocycles. The molecule has 8 nitrogen and oxygen atoms in total. The number of amides is 3. The first-order chi connectivity index (χ1) is 22.4. The van der Waals surface area contributed by atoms with Gasteiger partial charge in [-0.2, -0.15) is 0 Å². The molecule has 0 spiro atoms. The van der Waals surface area contributed by atoms with Crippen molar-refractivity contribution >= 4 is 24.8 Å². The molecule has 9 heteroatoms. The third kappa shape index (κ3) is 6.14. The third-order valence-corrected chi connectivity index (χ3v) is 11.7. The van der Waals surface area contributed by atoms with Crippen LogP contribution in [0.25, 0.3) is 0 Å². The minimum Gasteiger partial charge on any atom is -0.404 e. The molecule has 7 rings (SSSR count). The lowest BCUT2D eigenvalue weighted by atomic mass is 9.43. The molecule has 0 radical (unpaired) electrons. The topological polar surface area (TPSA) is 97.0 Å². The summed E-state index contributed by atoms with van der Waals surface area (Å²) in [6.45, 7) is 17.2. The number of rotatable bonds is 9. The standard InChI is InChI=1S/C36H48BN3O5.C2H6/c1-7-29(37-44-28-22-26-21-27(34(26,4)5)35(28,6)45-37)38-32(42)30(24-15-10-8-11-16-24)40-20-14-19-36(23(2)3,33(40)43)39-31(41)25-17-12-9-13-18-25;1-2/h8-13,15-18,23,26-30H,7,14,19-22H2,1-6H3,(H,38,42)(H,39,41);1-2H3/t26-,27-,28?,29-,30-,35-,36?;/m0./s1. The highest BCUT2D eigenvalue weighted by Crippen LogP contribution is 2.65. The molecule has 7 atom stereocenters. The lowest BCUT2D eigenvalue weighted by Gasteiger charge is -2.64. The minimum atomic E-state index is -1.14. The number of nitrogens with one attached hydrogen (secondary N) is 2. The zero-order valence-corrected chi connectivity index (χ0v) is 29.5. The van der Waals surface area contributed by atoms with Gasteiger partial charge < -0.3 is 24.8 Å². The van der Waals surface area contributed by atoms with E-state index in [1.54, 1.807) is 17.0 Å². The maximum atomic E-state index is 14.6. The van der Waals surface area contributed by atoms with Crippen molar-refractivity contribution in [2.75, 3.05) is 6.54 Å². The number of likely N-dealkylation sites (tertiary alicyclic amines) is 1. The second kappa shape index (κ2) is 13.8. The highest BCUT2D eigenvalue weighted by atomic mass is 16.7. The van der Waals surface area contributed by atoms with Crippen molar-refractivity contribution in [2.45, 2.75) is 117 Å². The van der Waals surface area contributed by atoms with Crippen LogP contribution in [-0.2, 0) is 18.9 Å². The summed E-state index contributed by atoms with van der Waals surface area (Å²) >= 11 is 0. The summed E-state index contributed by atoms with van der Waals surface area (Å²) in [6, 6.07) is 17.5. The van der Waals surface area contributed by atoms with Crippen molar-refractivity contribution in [1.82, 2.24) is 15.5 Å². The fourth-order valence-corrected chi connectivity index (χ4v) is 8.70. The summed E-state index contributed by atoms with van der Waals surface area (Å²) in [6.07, 6.45) is 3.92. The molecule has 5 aliphatic rings. The number of piperidine rings is 1. The van der Waals surface area contributed by atoms with Crippen LogP contribution in [0.5, 0.6) is 0 Å². The van der Waals surface area contributed by atoms with Gasteiger partial charge in [-0.1, -0.05) is 97.0 Å². The molecular formula is C38H54BN3O5. The van der Waals surface area contributed by atoms with Gasteiger partial charge in [0.1, 0.15) is 11.6 Å². The van der Waals surface area contributed by atoms with Crippen LogP contribution in [0.3, 0.4) is 0 Å². The van der Waals surface area contributed by atoms with Crippen LogP contribution in [0.4, 0.5) is 0 Å². The van der Waals surface area contributed by atoms with Crippen LogP contribution in [0, 0.1) is 23.2 Å². The number of hydrogen-bond donors (Lipinski definition) is 2. The molecule has 2 unspecified atom stereocenters. The smallest absolute Gasteiger partial charge is 0.404 e. The minimum absolute atomic E-state index is 0.0127. The predicted octanol–water partition coefficient (Wildman–Crippen LogP) is 6.36. The van der Waals surface area contributed by atoms with E-state index in [1.807, 2.05) is 83.1 Å². The van der Waals surface area contributed by atoms with Crippen molar-refractivity contribution in [3.63, 3.8) is 0 Å². The molecule has 2 aromatic carbocycles. The van der Waals surface area contributed by atoms with Gasteiger partial charge >= 0.3 is 7.12 Å². The number of carbonyl (C=O) groups is 3. The molecule has 2 N–H and O–H groups in total. The predicted molar refractivity (Wildman–Crippen MR) is 185 cm³/mol. The SMILES string of the molecule is CC.CC[C@H](NC(=O)[C@H](c1ccccc1)N1CCCC(NC(=O)c2ccccc2)(C(C)C)C1=O)B1OC2C[C@@H]3C[C@@H](C3(C)C)[C@]2(C)O1. The number of nitrogens with zero attached hydrogens (tertiary/aromatic N) is 1. The summed E-state index contributed by atoms with van der Waals surface area (Å²) < 4.78 is 13.3. The van der Waals surface area contributed by atoms with E-state index >= 15 is 0 Å². The Bertz CT molecular complexity index is 1420. The Kier molecular flexibility index (Phi) is 10.3. The van der Waals surface area contributed by atoms with Gasteiger partial charge in [0.25, 0.3) is 5.91 Å². The van der Waals surface area contributed by atoms with Gasteiger partial charge in [0.15, 0.2) is 0 Å². The fraction of sp³-hybridized carbons (Fsp3) is 0.605. The summed E-state index contributed by atoms with van der Waals surface area (Å²) in [7, 11) is -0.558. The Morgan fingerprint density at radius 2 is 1.64 bits per heavy atom. The first-order valence-corrected chi connectivity index (χ1v) is 17.8. The van der Waals surface area contributed by atoms with Crippen LogP contribution in [-0.4, -0.2) is 59.5 Å². The van der Waals surface area contributed by atoms with E-state index in [4.69, 9.17) is 9.31 Å². The summed E-state index contributed by atoms with van der Waals surface area (Å²) in [5.74, 6) is -0.315. The van der Waals surface area contributed by atoms with Crippen molar-refractivity contribution in [1.29, 1.82) is 0 Å². The van der Waals surface area contributed by atoms with E-state index in [2.05, 4.69) is 31.4 Å². The van der Waals surface area contributed by atoms with Crippen LogP contribution in [0.2, 0.25) is 0 Å². The van der Waals surface area contributed by atoms with Crippen LogP contribution in [0.1, 0.15) is 109 Å². The average Bonchev–Trinajstić information content (AvgIpc) is 3.44. The highest BCUT2D eigenvalue weighted by Gasteiger charge is 2.68. The molecule has 2 aromatic rings. The number of carbonyl (C=O) groups excluding carboxylic acids is 3. The second-order valence-electron chi connectivity index (χ2n) is 14.7. The van der Waals surface area contributed by atoms with Gasteiger partial charge in [-0.3, -0.25) is 14.4 Å². The molecule has 2 heterocycles. The molecule has 2 bridgehead atoms. The Balaban J connectivity index is 0.00000213. The normalized spacial score (nSPS) is 30.3. The Labute approximate surface area is 281 Å². The van der Waals surface area contributed by atoms with E-state index in [1.165, 1.54) is 0 Å². The van der Waals surface area contributed by atoms with E-state index in [9.17, 15) is 14.4 Å². The van der Waals surface area contributed by atoms with Crippen molar-refractivity contribution in [3.8, 4) is 0 Å². The Morgan fingerprint density at radius 1 is 1.00 bits per heavy atom. The molecular weight excluding hydrogens is 589 g/mol. The molecule has 254 valence electrons. The van der Waals surface area contributed by atoms with Gasteiger partial charge in [0.05, 0.1) is 17.6 Å². The van der Waals surface area contributed by atoms with Gasteiger partial charge in [0, 0.05) is 12.1 Å². The molecule has 3 amide bonds.